The van der Waals surface area contributed by atoms with Crippen molar-refractivity contribution in [3.05, 3.63) is 107 Å². The van der Waals surface area contributed by atoms with Gasteiger partial charge in [0.1, 0.15) is 5.75 Å². The molecule has 2 aromatic heterocycles. The fraction of sp³-hybridized carbons (Fsp3) is 0.241. The van der Waals surface area contributed by atoms with Crippen molar-refractivity contribution in [1.82, 2.24) is 14.9 Å². The van der Waals surface area contributed by atoms with Gasteiger partial charge < -0.3 is 19.5 Å². The van der Waals surface area contributed by atoms with Crippen LogP contribution in [0, 0.1) is 27.7 Å². The SMILES string of the molecule is COc1ccc(N2C(=S)N[C@H](c3ccccn3)[C@@H]2c2cc(C)n(-c3c(C)cccc3C)c2C)cc1. The van der Waals surface area contributed by atoms with Crippen LogP contribution < -0.4 is 15.0 Å². The Morgan fingerprint density at radius 1 is 0.914 bits per heavy atom. The zero-order valence-electron chi connectivity index (χ0n) is 20.7. The Labute approximate surface area is 212 Å². The van der Waals surface area contributed by atoms with Crippen LogP contribution in [0.25, 0.3) is 5.69 Å². The van der Waals surface area contributed by atoms with Gasteiger partial charge in [-0.25, -0.2) is 0 Å². The first-order valence-corrected chi connectivity index (χ1v) is 12.2. The molecule has 0 unspecified atom stereocenters. The number of anilines is 1. The van der Waals surface area contributed by atoms with E-state index in [9.17, 15) is 0 Å². The fourth-order valence-corrected chi connectivity index (χ4v) is 5.63. The summed E-state index contributed by atoms with van der Waals surface area (Å²) in [5.74, 6) is 0.817. The van der Waals surface area contributed by atoms with Gasteiger partial charge in [0.05, 0.1) is 30.6 Å². The van der Waals surface area contributed by atoms with E-state index in [1.54, 1.807) is 7.11 Å². The lowest BCUT2D eigenvalue weighted by Gasteiger charge is -2.28. The van der Waals surface area contributed by atoms with E-state index in [4.69, 9.17) is 21.9 Å². The van der Waals surface area contributed by atoms with Gasteiger partial charge in [-0.05, 0) is 99.1 Å². The van der Waals surface area contributed by atoms with Crippen molar-refractivity contribution in [2.45, 2.75) is 39.8 Å². The Balaban J connectivity index is 1.69. The van der Waals surface area contributed by atoms with Gasteiger partial charge >= 0.3 is 0 Å². The minimum atomic E-state index is -0.0854. The molecule has 0 bridgehead atoms. The maximum atomic E-state index is 5.90. The highest BCUT2D eigenvalue weighted by molar-refractivity contribution is 7.80. The Kier molecular flexibility index (Phi) is 6.07. The van der Waals surface area contributed by atoms with Crippen LogP contribution in [0.4, 0.5) is 5.69 Å². The lowest BCUT2D eigenvalue weighted by Crippen LogP contribution is -2.29. The van der Waals surface area contributed by atoms with Gasteiger partial charge in [0.25, 0.3) is 0 Å². The molecule has 0 spiro atoms. The third-order valence-corrected chi connectivity index (χ3v) is 7.22. The van der Waals surface area contributed by atoms with Gasteiger partial charge in [0.2, 0.25) is 0 Å². The molecule has 6 heteroatoms. The standard InChI is InChI=1S/C29H30N4OS/c1-18-9-8-10-19(2)27(18)32-20(3)17-24(21(32)4)28-26(25-11-6-7-16-30-25)31-29(35)33(28)22-12-14-23(34-5)15-13-22/h6-17,26,28H,1-5H3,(H,31,35)/t26-,28+/m1/s1. The molecule has 2 aromatic carbocycles. The molecule has 1 aliphatic heterocycles. The van der Waals surface area contributed by atoms with Crippen molar-refractivity contribution in [2.75, 3.05) is 12.0 Å². The number of nitrogens with zero attached hydrogens (tertiary/aromatic N) is 3. The molecule has 1 fully saturated rings. The van der Waals surface area contributed by atoms with Gasteiger partial charge in [-0.1, -0.05) is 24.3 Å². The van der Waals surface area contributed by atoms with E-state index < -0.39 is 0 Å². The monoisotopic (exact) mass is 482 g/mol. The maximum absolute atomic E-state index is 5.90. The van der Waals surface area contributed by atoms with Crippen molar-refractivity contribution in [2.24, 2.45) is 0 Å². The number of hydrogen-bond acceptors (Lipinski definition) is 3. The molecule has 0 aliphatic carbocycles. The molecule has 2 atom stereocenters. The topological polar surface area (TPSA) is 42.3 Å². The van der Waals surface area contributed by atoms with Crippen LogP contribution in [0.1, 0.15) is 45.9 Å². The Bertz CT molecular complexity index is 1360. The molecule has 1 N–H and O–H groups in total. The molecule has 4 aromatic rings. The third-order valence-electron chi connectivity index (χ3n) is 6.90. The molecule has 5 rings (SSSR count). The van der Waals surface area contributed by atoms with Crippen molar-refractivity contribution in [1.29, 1.82) is 0 Å². The van der Waals surface area contributed by atoms with Crippen LogP contribution in [0.3, 0.4) is 0 Å². The molecule has 0 radical (unpaired) electrons. The minimum Gasteiger partial charge on any atom is -0.497 e. The number of methoxy groups -OCH3 is 1. The number of para-hydroxylation sites is 1. The summed E-state index contributed by atoms with van der Waals surface area (Å²) in [6, 6.07) is 22.7. The van der Waals surface area contributed by atoms with Gasteiger partial charge in [0, 0.05) is 23.3 Å². The average Bonchev–Trinajstić information content (AvgIpc) is 3.35. The molecule has 1 saturated heterocycles. The number of rotatable bonds is 5. The number of ether oxygens (including phenoxy) is 1. The number of nitrogens with one attached hydrogen (secondary N) is 1. The number of hydrogen-bond donors (Lipinski definition) is 1. The first-order valence-electron chi connectivity index (χ1n) is 11.8. The average molecular weight is 483 g/mol. The van der Waals surface area contributed by atoms with Crippen LogP contribution in [-0.2, 0) is 0 Å². The summed E-state index contributed by atoms with van der Waals surface area (Å²) in [6.45, 7) is 8.73. The van der Waals surface area contributed by atoms with Crippen LogP contribution in [0.15, 0.2) is 72.9 Å². The molecule has 178 valence electrons. The van der Waals surface area contributed by atoms with Crippen LogP contribution in [0.5, 0.6) is 5.75 Å². The molecule has 0 saturated carbocycles. The summed E-state index contributed by atoms with van der Waals surface area (Å²) in [5, 5.41) is 4.26. The highest BCUT2D eigenvalue weighted by atomic mass is 32.1. The number of benzene rings is 2. The molecular weight excluding hydrogens is 452 g/mol. The predicted molar refractivity (Wildman–Crippen MR) is 146 cm³/mol. The van der Waals surface area contributed by atoms with Gasteiger partial charge in [0.15, 0.2) is 5.11 Å². The highest BCUT2D eigenvalue weighted by Crippen LogP contribution is 2.44. The van der Waals surface area contributed by atoms with Crippen LogP contribution in [-0.4, -0.2) is 21.8 Å². The third kappa shape index (κ3) is 3.98. The fourth-order valence-electron chi connectivity index (χ4n) is 5.28. The molecule has 3 heterocycles. The quantitative estimate of drug-likeness (QED) is 0.339. The van der Waals surface area contributed by atoms with Crippen molar-refractivity contribution < 1.29 is 4.74 Å². The van der Waals surface area contributed by atoms with E-state index >= 15 is 0 Å². The second-order valence-electron chi connectivity index (χ2n) is 9.10. The van der Waals surface area contributed by atoms with E-state index in [0.717, 1.165) is 17.1 Å². The Morgan fingerprint density at radius 3 is 2.26 bits per heavy atom. The van der Waals surface area contributed by atoms with Crippen LogP contribution >= 0.6 is 12.2 Å². The molecular formula is C29H30N4OS. The summed E-state index contributed by atoms with van der Waals surface area (Å²) >= 11 is 5.90. The summed E-state index contributed by atoms with van der Waals surface area (Å²) in [6.07, 6.45) is 1.84. The highest BCUT2D eigenvalue weighted by Gasteiger charge is 2.42. The van der Waals surface area contributed by atoms with Crippen molar-refractivity contribution in [3.8, 4) is 11.4 Å². The minimum absolute atomic E-state index is 0.0601. The van der Waals surface area contributed by atoms with Crippen molar-refractivity contribution >= 4 is 23.0 Å². The lowest BCUT2D eigenvalue weighted by atomic mass is 9.96. The Morgan fingerprint density at radius 2 is 1.63 bits per heavy atom. The summed E-state index contributed by atoms with van der Waals surface area (Å²) in [4.78, 5) is 6.91. The van der Waals surface area contributed by atoms with Crippen molar-refractivity contribution in [3.63, 3.8) is 0 Å². The second-order valence-corrected chi connectivity index (χ2v) is 9.48. The lowest BCUT2D eigenvalue weighted by molar-refractivity contribution is 0.415. The van der Waals surface area contributed by atoms with Gasteiger partial charge in [-0.15, -0.1) is 0 Å². The number of pyridine rings is 1. The second kappa shape index (κ2) is 9.19. The maximum Gasteiger partial charge on any atom is 0.174 e. The number of aryl methyl sites for hydroxylation is 3. The van der Waals surface area contributed by atoms with Gasteiger partial charge in [-0.2, -0.15) is 0 Å². The zero-order chi connectivity index (χ0) is 24.7. The summed E-state index contributed by atoms with van der Waals surface area (Å²) in [7, 11) is 1.68. The Hall–Kier alpha value is -3.64. The van der Waals surface area contributed by atoms with Gasteiger partial charge in [-0.3, -0.25) is 4.98 Å². The van der Waals surface area contributed by atoms with E-state index in [2.05, 4.69) is 84.9 Å². The van der Waals surface area contributed by atoms with E-state index in [1.165, 1.54) is 33.8 Å². The smallest absolute Gasteiger partial charge is 0.174 e. The summed E-state index contributed by atoms with van der Waals surface area (Å²) in [5.41, 5.74) is 9.37. The predicted octanol–water partition coefficient (Wildman–Crippen LogP) is 6.29. The van der Waals surface area contributed by atoms with E-state index in [0.29, 0.717) is 5.11 Å². The molecule has 5 nitrogen and oxygen atoms in total. The van der Waals surface area contributed by atoms with E-state index in [1.807, 2.05) is 30.5 Å². The molecule has 1 aliphatic rings. The summed E-state index contributed by atoms with van der Waals surface area (Å²) < 4.78 is 7.77. The number of thiocarbonyl (C=S) groups is 1. The zero-order valence-corrected chi connectivity index (χ0v) is 21.6. The largest absolute Gasteiger partial charge is 0.497 e. The molecule has 35 heavy (non-hydrogen) atoms. The van der Waals surface area contributed by atoms with Crippen LogP contribution in [0.2, 0.25) is 0 Å². The van der Waals surface area contributed by atoms with E-state index in [-0.39, 0.29) is 12.1 Å². The number of aromatic nitrogens is 2. The first kappa shape index (κ1) is 23.1. The first-order chi connectivity index (χ1) is 16.9. The molecule has 0 amide bonds. The normalized spacial score (nSPS) is 17.5.